The maximum atomic E-state index is 11.6. The average molecular weight is 349 g/mol. The molecule has 0 fully saturated rings. The summed E-state index contributed by atoms with van der Waals surface area (Å²) in [6, 6.07) is 10.0. The third-order valence-corrected chi connectivity index (χ3v) is 5.78. The van der Waals surface area contributed by atoms with Gasteiger partial charge < -0.3 is 0 Å². The number of nitrogens with zero attached hydrogens (tertiary/aromatic N) is 1. The van der Waals surface area contributed by atoms with Crippen LogP contribution in [0.15, 0.2) is 30.3 Å². The molecule has 0 bridgehead atoms. The van der Waals surface area contributed by atoms with Gasteiger partial charge in [0.2, 0.25) is 10.0 Å². The van der Waals surface area contributed by atoms with Crippen molar-refractivity contribution in [2.45, 2.75) is 19.9 Å². The summed E-state index contributed by atoms with van der Waals surface area (Å²) in [5.74, 6) is 0. The van der Waals surface area contributed by atoms with Gasteiger partial charge in [0, 0.05) is 12.6 Å². The van der Waals surface area contributed by atoms with Gasteiger partial charge in [-0.25, -0.2) is 13.1 Å². The first-order valence-corrected chi connectivity index (χ1v) is 9.13. The lowest BCUT2D eigenvalue weighted by atomic mass is 10.1. The van der Waals surface area contributed by atoms with E-state index in [0.29, 0.717) is 6.54 Å². The highest BCUT2D eigenvalue weighted by atomic mass is 79.9. The van der Waals surface area contributed by atoms with E-state index in [0.717, 1.165) is 18.7 Å². The minimum Gasteiger partial charge on any atom is -0.296 e. The second-order valence-corrected chi connectivity index (χ2v) is 7.33. The van der Waals surface area contributed by atoms with Crippen LogP contribution in [0.4, 0.5) is 0 Å². The number of hydrogen-bond donors (Lipinski definition) is 1. The summed E-state index contributed by atoms with van der Waals surface area (Å²) in [6.45, 7) is 6.31. The zero-order valence-corrected chi connectivity index (χ0v) is 13.7. The second kappa shape index (κ2) is 7.99. The van der Waals surface area contributed by atoms with Crippen LogP contribution in [0.3, 0.4) is 0 Å². The average Bonchev–Trinajstić information content (AvgIpc) is 2.44. The lowest BCUT2D eigenvalue weighted by Crippen LogP contribution is -2.38. The van der Waals surface area contributed by atoms with E-state index in [2.05, 4.69) is 39.4 Å². The Kier molecular flexibility index (Phi) is 6.99. The molecular weight excluding hydrogens is 328 g/mol. The van der Waals surface area contributed by atoms with Crippen LogP contribution in [0.25, 0.3) is 0 Å². The molecule has 0 spiro atoms. The van der Waals surface area contributed by atoms with Crippen molar-refractivity contribution in [2.75, 3.05) is 24.3 Å². The van der Waals surface area contributed by atoms with E-state index in [4.69, 9.17) is 0 Å². The van der Waals surface area contributed by atoms with E-state index in [1.807, 2.05) is 30.3 Å². The van der Waals surface area contributed by atoms with Gasteiger partial charge in [-0.2, -0.15) is 0 Å². The quantitative estimate of drug-likeness (QED) is 0.733. The van der Waals surface area contributed by atoms with Crippen molar-refractivity contribution in [3.63, 3.8) is 0 Å². The van der Waals surface area contributed by atoms with Gasteiger partial charge >= 0.3 is 0 Å². The first-order chi connectivity index (χ1) is 9.04. The lowest BCUT2D eigenvalue weighted by Gasteiger charge is -2.30. The summed E-state index contributed by atoms with van der Waals surface area (Å²) >= 11 is 2.98. The van der Waals surface area contributed by atoms with Crippen molar-refractivity contribution >= 4 is 26.0 Å². The van der Waals surface area contributed by atoms with E-state index < -0.39 is 10.0 Å². The van der Waals surface area contributed by atoms with Crippen LogP contribution in [0.5, 0.6) is 0 Å². The molecule has 6 heteroatoms. The van der Waals surface area contributed by atoms with E-state index in [9.17, 15) is 8.42 Å². The van der Waals surface area contributed by atoms with Crippen molar-refractivity contribution in [1.82, 2.24) is 9.62 Å². The van der Waals surface area contributed by atoms with Crippen molar-refractivity contribution in [3.05, 3.63) is 35.9 Å². The van der Waals surface area contributed by atoms with Crippen LogP contribution in [-0.4, -0.2) is 37.6 Å². The number of halogens is 1. The SMILES string of the molecule is CCN(CC)C(CNS(=O)(=O)CBr)c1ccccc1. The summed E-state index contributed by atoms with van der Waals surface area (Å²) in [5.41, 5.74) is 1.13. The molecule has 19 heavy (non-hydrogen) atoms. The molecule has 4 nitrogen and oxygen atoms in total. The largest absolute Gasteiger partial charge is 0.296 e. The Bertz CT molecular complexity index is 461. The van der Waals surface area contributed by atoms with Crippen molar-refractivity contribution in [2.24, 2.45) is 0 Å². The maximum Gasteiger partial charge on any atom is 0.221 e. The number of alkyl halides is 1. The molecule has 0 aliphatic carbocycles. The number of rotatable bonds is 8. The number of benzene rings is 1. The molecule has 0 amide bonds. The van der Waals surface area contributed by atoms with E-state index >= 15 is 0 Å². The number of nitrogens with one attached hydrogen (secondary N) is 1. The number of likely N-dealkylation sites (N-methyl/N-ethyl adjacent to an activating group) is 1. The van der Waals surface area contributed by atoms with Crippen molar-refractivity contribution in [3.8, 4) is 0 Å². The topological polar surface area (TPSA) is 49.4 Å². The summed E-state index contributed by atoms with van der Waals surface area (Å²) in [5, 5.41) is 0. The molecule has 0 saturated carbocycles. The molecule has 0 aliphatic heterocycles. The van der Waals surface area contributed by atoms with Gasteiger partial charge in [-0.1, -0.05) is 60.1 Å². The molecule has 1 aromatic carbocycles. The van der Waals surface area contributed by atoms with Crippen molar-refractivity contribution in [1.29, 1.82) is 0 Å². The zero-order valence-electron chi connectivity index (χ0n) is 11.3. The van der Waals surface area contributed by atoms with Crippen LogP contribution in [-0.2, 0) is 10.0 Å². The Hall–Kier alpha value is -0.430. The molecule has 0 heterocycles. The fraction of sp³-hybridized carbons (Fsp3) is 0.538. The summed E-state index contributed by atoms with van der Waals surface area (Å²) in [4.78, 5) is 2.24. The predicted molar refractivity (Wildman–Crippen MR) is 82.8 cm³/mol. The third kappa shape index (κ3) is 5.22. The fourth-order valence-electron chi connectivity index (χ4n) is 2.04. The molecule has 1 rings (SSSR count). The highest BCUT2D eigenvalue weighted by molar-refractivity contribution is 9.10. The minimum absolute atomic E-state index is 0.0602. The molecular formula is C13H21BrN2O2S. The smallest absolute Gasteiger partial charge is 0.221 e. The Labute approximate surface area is 124 Å². The van der Waals surface area contributed by atoms with Crippen LogP contribution in [0.2, 0.25) is 0 Å². The molecule has 1 atom stereocenters. The normalized spacial score (nSPS) is 13.7. The summed E-state index contributed by atoms with van der Waals surface area (Å²) < 4.78 is 25.7. The zero-order chi connectivity index (χ0) is 14.3. The van der Waals surface area contributed by atoms with Crippen LogP contribution < -0.4 is 4.72 Å². The van der Waals surface area contributed by atoms with E-state index in [-0.39, 0.29) is 10.7 Å². The summed E-state index contributed by atoms with van der Waals surface area (Å²) in [7, 11) is -3.23. The molecule has 0 radical (unpaired) electrons. The third-order valence-electron chi connectivity index (χ3n) is 3.08. The number of sulfonamides is 1. The molecule has 1 N–H and O–H groups in total. The van der Waals surface area contributed by atoms with Gasteiger partial charge in [0.05, 0.1) is 0 Å². The first kappa shape index (κ1) is 16.6. The van der Waals surface area contributed by atoms with Crippen LogP contribution in [0.1, 0.15) is 25.5 Å². The highest BCUT2D eigenvalue weighted by Crippen LogP contribution is 2.19. The van der Waals surface area contributed by atoms with Gasteiger partial charge in [-0.05, 0) is 18.7 Å². The molecule has 0 aromatic heterocycles. The molecule has 1 aromatic rings. The lowest BCUT2D eigenvalue weighted by molar-refractivity contribution is 0.220. The second-order valence-electron chi connectivity index (χ2n) is 4.22. The fourth-order valence-corrected chi connectivity index (χ4v) is 3.02. The monoisotopic (exact) mass is 348 g/mol. The summed E-state index contributed by atoms with van der Waals surface area (Å²) in [6.07, 6.45) is 0. The van der Waals surface area contributed by atoms with Gasteiger partial charge in [0.15, 0.2) is 0 Å². The minimum atomic E-state index is -3.23. The van der Waals surface area contributed by atoms with E-state index in [1.165, 1.54) is 0 Å². The van der Waals surface area contributed by atoms with Crippen LogP contribution >= 0.6 is 15.9 Å². The standard InChI is InChI=1S/C13H21BrN2O2S/c1-3-16(4-2)13(10-15-19(17,18)11-14)12-8-6-5-7-9-12/h5-9,13,15H,3-4,10-11H2,1-2H3. The van der Waals surface area contributed by atoms with E-state index in [1.54, 1.807) is 0 Å². The Morgan fingerprint density at radius 3 is 2.26 bits per heavy atom. The highest BCUT2D eigenvalue weighted by Gasteiger charge is 2.20. The first-order valence-electron chi connectivity index (χ1n) is 6.36. The predicted octanol–water partition coefficient (Wildman–Crippen LogP) is 2.34. The van der Waals surface area contributed by atoms with Gasteiger partial charge in [0.1, 0.15) is 4.66 Å². The molecule has 1 unspecified atom stereocenters. The number of hydrogen-bond acceptors (Lipinski definition) is 3. The van der Waals surface area contributed by atoms with Gasteiger partial charge in [-0.3, -0.25) is 4.90 Å². The molecule has 0 aliphatic rings. The van der Waals surface area contributed by atoms with Gasteiger partial charge in [-0.15, -0.1) is 0 Å². The van der Waals surface area contributed by atoms with Gasteiger partial charge in [0.25, 0.3) is 0 Å². The Balaban J connectivity index is 2.88. The Morgan fingerprint density at radius 2 is 1.79 bits per heavy atom. The molecule has 0 saturated heterocycles. The van der Waals surface area contributed by atoms with Crippen LogP contribution in [0, 0.1) is 0 Å². The Morgan fingerprint density at radius 1 is 1.21 bits per heavy atom. The maximum absolute atomic E-state index is 11.6. The van der Waals surface area contributed by atoms with Crippen molar-refractivity contribution < 1.29 is 8.42 Å². The molecule has 108 valence electrons.